The summed E-state index contributed by atoms with van der Waals surface area (Å²) >= 11 is 0. The van der Waals surface area contributed by atoms with Gasteiger partial charge in [-0.3, -0.25) is 4.79 Å². The van der Waals surface area contributed by atoms with Crippen molar-refractivity contribution in [2.75, 3.05) is 11.5 Å². The van der Waals surface area contributed by atoms with Gasteiger partial charge in [-0.05, 0) is 17.9 Å². The molecular weight excluding hydrogens is 264 g/mol. The minimum absolute atomic E-state index is 0.0723. The summed E-state index contributed by atoms with van der Waals surface area (Å²) in [5, 5.41) is 3.85. The van der Waals surface area contributed by atoms with Crippen LogP contribution >= 0.6 is 0 Å². The fourth-order valence-electron chi connectivity index (χ4n) is 2.06. The number of benzene rings is 1. The highest BCUT2D eigenvalue weighted by atomic mass is 32.2. The van der Waals surface area contributed by atoms with Gasteiger partial charge in [0, 0.05) is 6.42 Å². The molecular formula is C13H16N2O3S. The average molecular weight is 280 g/mol. The zero-order valence-electron chi connectivity index (χ0n) is 10.5. The summed E-state index contributed by atoms with van der Waals surface area (Å²) in [5.41, 5.74) is 3.32. The van der Waals surface area contributed by atoms with Crippen LogP contribution < -0.4 is 5.43 Å². The van der Waals surface area contributed by atoms with Crippen LogP contribution in [-0.4, -0.2) is 32.0 Å². The van der Waals surface area contributed by atoms with Crippen molar-refractivity contribution in [3.8, 4) is 0 Å². The molecule has 1 amide bonds. The standard InChI is InChI=1S/C13H16N2O3S/c16-13(8-12-6-7-19(17,18)10-12)15-14-9-11-4-2-1-3-5-11/h1-5,9,12H,6-8,10H2,(H,15,16)/b14-9-/t12-/m0/s1. The normalized spacial score (nSPS) is 21.6. The fourth-order valence-corrected chi connectivity index (χ4v) is 3.92. The second-order valence-corrected chi connectivity index (χ2v) is 6.91. The van der Waals surface area contributed by atoms with E-state index >= 15 is 0 Å². The molecule has 5 nitrogen and oxygen atoms in total. The Morgan fingerprint density at radius 1 is 1.37 bits per heavy atom. The van der Waals surface area contributed by atoms with Crippen LogP contribution in [-0.2, 0) is 14.6 Å². The van der Waals surface area contributed by atoms with Gasteiger partial charge < -0.3 is 0 Å². The van der Waals surface area contributed by atoms with Crippen molar-refractivity contribution in [3.05, 3.63) is 35.9 Å². The molecule has 6 heteroatoms. The third kappa shape index (κ3) is 4.48. The summed E-state index contributed by atoms with van der Waals surface area (Å²) in [5.74, 6) is -0.00710. The molecule has 1 atom stereocenters. The minimum atomic E-state index is -2.92. The number of hydrogen-bond donors (Lipinski definition) is 1. The summed E-state index contributed by atoms with van der Waals surface area (Å²) in [7, 11) is -2.92. The molecule has 102 valence electrons. The number of amides is 1. The molecule has 1 aliphatic heterocycles. The molecule has 1 saturated heterocycles. The number of nitrogens with one attached hydrogen (secondary N) is 1. The first kappa shape index (κ1) is 13.7. The molecule has 1 heterocycles. The van der Waals surface area contributed by atoms with Crippen molar-refractivity contribution >= 4 is 22.0 Å². The van der Waals surface area contributed by atoms with Gasteiger partial charge in [0.1, 0.15) is 0 Å². The molecule has 1 N–H and O–H groups in total. The van der Waals surface area contributed by atoms with E-state index in [1.54, 1.807) is 6.21 Å². The lowest BCUT2D eigenvalue weighted by Crippen LogP contribution is -2.21. The molecule has 1 fully saturated rings. The third-order valence-corrected chi connectivity index (χ3v) is 4.84. The van der Waals surface area contributed by atoms with Crippen LogP contribution in [0.25, 0.3) is 0 Å². The van der Waals surface area contributed by atoms with Gasteiger partial charge in [-0.1, -0.05) is 30.3 Å². The highest BCUT2D eigenvalue weighted by molar-refractivity contribution is 7.91. The van der Waals surface area contributed by atoms with Gasteiger partial charge in [-0.15, -0.1) is 0 Å². The predicted molar refractivity (Wildman–Crippen MR) is 73.6 cm³/mol. The zero-order valence-corrected chi connectivity index (χ0v) is 11.3. The Hall–Kier alpha value is -1.69. The van der Waals surface area contributed by atoms with Crippen LogP contribution in [0.4, 0.5) is 0 Å². The van der Waals surface area contributed by atoms with Crippen molar-refractivity contribution < 1.29 is 13.2 Å². The van der Waals surface area contributed by atoms with E-state index in [0.29, 0.717) is 6.42 Å². The van der Waals surface area contributed by atoms with Crippen LogP contribution in [0.3, 0.4) is 0 Å². The predicted octanol–water partition coefficient (Wildman–Crippen LogP) is 0.961. The van der Waals surface area contributed by atoms with E-state index in [1.165, 1.54) is 0 Å². The van der Waals surface area contributed by atoms with Crippen molar-refractivity contribution in [3.63, 3.8) is 0 Å². The van der Waals surface area contributed by atoms with E-state index in [-0.39, 0.29) is 29.8 Å². The van der Waals surface area contributed by atoms with Gasteiger partial charge in [0.15, 0.2) is 9.84 Å². The lowest BCUT2D eigenvalue weighted by atomic mass is 10.1. The maximum Gasteiger partial charge on any atom is 0.240 e. The van der Waals surface area contributed by atoms with E-state index in [1.807, 2.05) is 30.3 Å². The van der Waals surface area contributed by atoms with E-state index in [0.717, 1.165) is 5.56 Å². The first-order valence-corrected chi connectivity index (χ1v) is 7.95. The summed E-state index contributed by atoms with van der Waals surface area (Å²) in [6.45, 7) is 0. The Morgan fingerprint density at radius 2 is 2.11 bits per heavy atom. The SMILES string of the molecule is O=C(C[C@@H]1CCS(=O)(=O)C1)N/N=C\c1ccccc1. The van der Waals surface area contributed by atoms with Crippen LogP contribution in [0.15, 0.2) is 35.4 Å². The minimum Gasteiger partial charge on any atom is -0.273 e. The van der Waals surface area contributed by atoms with Crippen molar-refractivity contribution in [1.82, 2.24) is 5.43 Å². The highest BCUT2D eigenvalue weighted by Gasteiger charge is 2.29. The molecule has 0 saturated carbocycles. The number of carbonyl (C=O) groups is 1. The molecule has 2 rings (SSSR count). The Balaban J connectivity index is 1.78. The van der Waals surface area contributed by atoms with E-state index in [2.05, 4.69) is 10.5 Å². The second kappa shape index (κ2) is 5.97. The van der Waals surface area contributed by atoms with Crippen LogP contribution in [0.5, 0.6) is 0 Å². The van der Waals surface area contributed by atoms with E-state index in [4.69, 9.17) is 0 Å². The van der Waals surface area contributed by atoms with E-state index in [9.17, 15) is 13.2 Å². The topological polar surface area (TPSA) is 75.6 Å². The van der Waals surface area contributed by atoms with E-state index < -0.39 is 9.84 Å². The van der Waals surface area contributed by atoms with Crippen LogP contribution in [0.2, 0.25) is 0 Å². The third-order valence-electron chi connectivity index (χ3n) is 3.00. The van der Waals surface area contributed by atoms with Gasteiger partial charge in [0.2, 0.25) is 5.91 Å². The first-order chi connectivity index (χ1) is 9.05. The highest BCUT2D eigenvalue weighted by Crippen LogP contribution is 2.21. The zero-order chi connectivity index (χ0) is 13.7. The second-order valence-electron chi connectivity index (χ2n) is 4.68. The van der Waals surface area contributed by atoms with Crippen molar-refractivity contribution in [1.29, 1.82) is 0 Å². The van der Waals surface area contributed by atoms with Gasteiger partial charge in [0.05, 0.1) is 17.7 Å². The molecule has 0 aromatic heterocycles. The smallest absolute Gasteiger partial charge is 0.240 e. The van der Waals surface area contributed by atoms with Gasteiger partial charge in [0.25, 0.3) is 0 Å². The molecule has 1 aromatic carbocycles. The molecule has 19 heavy (non-hydrogen) atoms. The molecule has 1 aliphatic rings. The lowest BCUT2D eigenvalue weighted by Gasteiger charge is -2.05. The molecule has 0 aliphatic carbocycles. The quantitative estimate of drug-likeness (QED) is 0.659. The maximum atomic E-state index is 11.6. The lowest BCUT2D eigenvalue weighted by molar-refractivity contribution is -0.121. The Bertz CT molecular complexity index is 567. The largest absolute Gasteiger partial charge is 0.273 e. The monoisotopic (exact) mass is 280 g/mol. The summed E-state index contributed by atoms with van der Waals surface area (Å²) < 4.78 is 22.5. The van der Waals surface area contributed by atoms with Gasteiger partial charge in [-0.2, -0.15) is 5.10 Å². The fraction of sp³-hybridized carbons (Fsp3) is 0.385. The van der Waals surface area contributed by atoms with Gasteiger partial charge in [-0.25, -0.2) is 13.8 Å². The molecule has 1 aromatic rings. The van der Waals surface area contributed by atoms with Crippen molar-refractivity contribution in [2.45, 2.75) is 12.8 Å². The average Bonchev–Trinajstić information content (AvgIpc) is 2.70. The van der Waals surface area contributed by atoms with Crippen molar-refractivity contribution in [2.24, 2.45) is 11.0 Å². The Kier molecular flexibility index (Phi) is 4.31. The molecule has 0 bridgehead atoms. The number of hydrogen-bond acceptors (Lipinski definition) is 4. The number of sulfone groups is 1. The summed E-state index contributed by atoms with van der Waals surface area (Å²) in [6, 6.07) is 9.41. The maximum absolute atomic E-state index is 11.6. The van der Waals surface area contributed by atoms with Gasteiger partial charge >= 0.3 is 0 Å². The summed E-state index contributed by atoms with van der Waals surface area (Å²) in [6.07, 6.45) is 2.34. The Labute approximate surface area is 112 Å². The number of nitrogens with zero attached hydrogens (tertiary/aromatic N) is 1. The van der Waals surface area contributed by atoms with Crippen LogP contribution in [0.1, 0.15) is 18.4 Å². The van der Waals surface area contributed by atoms with Crippen LogP contribution in [0, 0.1) is 5.92 Å². The number of carbonyl (C=O) groups excluding carboxylic acids is 1. The summed E-state index contributed by atoms with van der Waals surface area (Å²) in [4.78, 5) is 11.6. The number of hydrazone groups is 1. The molecule has 0 unspecified atom stereocenters. The first-order valence-electron chi connectivity index (χ1n) is 6.12. The molecule has 0 radical (unpaired) electrons. The number of rotatable bonds is 4. The molecule has 0 spiro atoms. The Morgan fingerprint density at radius 3 is 2.74 bits per heavy atom.